The summed E-state index contributed by atoms with van der Waals surface area (Å²) < 4.78 is 29.8. The van der Waals surface area contributed by atoms with Gasteiger partial charge in [-0.3, -0.25) is 4.18 Å². The van der Waals surface area contributed by atoms with Crippen LogP contribution in [0.5, 0.6) is 23.0 Å². The topological polar surface area (TPSA) is 311 Å². The van der Waals surface area contributed by atoms with Crippen LogP contribution in [-0.4, -0.2) is 132 Å². The number of aliphatic hydroxyl groups is 1. The average molecular weight is 1780 g/mol. The number of carbonyl (C=O) groups is 2. The molecule has 8 aromatic carbocycles. The van der Waals surface area contributed by atoms with E-state index in [2.05, 4.69) is 58.5 Å². The van der Waals surface area contributed by atoms with E-state index in [9.17, 15) is 38.4 Å². The van der Waals surface area contributed by atoms with Gasteiger partial charge in [0.15, 0.2) is 0 Å². The third-order valence-corrected chi connectivity index (χ3v) is 14.4. The molecule has 23 nitrogen and oxygen atoms in total. The van der Waals surface area contributed by atoms with Gasteiger partial charge in [-0.25, -0.2) is 4.79 Å². The Balaban J connectivity index is 0.00000119. The van der Waals surface area contributed by atoms with Gasteiger partial charge in [0.1, 0.15) is 96.2 Å². The van der Waals surface area contributed by atoms with Crippen molar-refractivity contribution in [3.05, 3.63) is 233 Å². The first-order valence-corrected chi connectivity index (χ1v) is 29.3. The number of aromatic hydroxyl groups is 4. The normalized spacial score (nSPS) is 11.1. The molecule has 5 N–H and O–H groups in total. The van der Waals surface area contributed by atoms with Gasteiger partial charge in [0.05, 0.1) is 19.0 Å². The molecule has 6 radical (unpaired) electrons. The van der Waals surface area contributed by atoms with Crippen LogP contribution in [0.15, 0.2) is 182 Å². The number of hydrogen-bond acceptors (Lipinski definition) is 19. The van der Waals surface area contributed by atoms with Crippen LogP contribution < -0.4 is 0 Å². The summed E-state index contributed by atoms with van der Waals surface area (Å²) >= 11 is 0. The number of fused-ring (bicyclic) bond motifs is 4. The number of esters is 1. The second-order valence-electron chi connectivity index (χ2n) is 19.8. The van der Waals surface area contributed by atoms with E-state index in [4.69, 9.17) is 9.84 Å². The number of ether oxygens (including phenoxy) is 1. The smallest absolute Gasteiger partial charge is 0.333 e. The van der Waals surface area contributed by atoms with Gasteiger partial charge in [0, 0.05) is 221 Å². The Morgan fingerprint density at radius 1 is 0.505 bits per heavy atom. The van der Waals surface area contributed by atoms with Crippen molar-refractivity contribution in [2.45, 2.75) is 45.4 Å². The first-order chi connectivity index (χ1) is 42.6. The second-order valence-corrected chi connectivity index (χ2v) is 21.5. The van der Waals surface area contributed by atoms with Crippen LogP contribution >= 0.6 is 0 Å². The molecule has 0 bridgehead atoms. The predicted octanol–water partition coefficient (Wildman–Crippen LogP) is 10.3. The zero-order valence-corrected chi connectivity index (χ0v) is 72.0. The molecule has 5 heterocycles. The minimum atomic E-state index is -3.05. The van der Waals surface area contributed by atoms with E-state index in [0.717, 1.165) is 85.5 Å². The molecule has 492 valence electrons. The quantitative estimate of drug-likeness (QED) is 0.0222. The first kappa shape index (κ1) is 92.9. The number of phenolic OH excluding ortho intramolecular Hbond substituents is 4. The van der Waals surface area contributed by atoms with Crippen LogP contribution in [-0.2, 0) is 251 Å². The number of aldehydes is 1. The molecule has 0 amide bonds. The zero-order chi connectivity index (χ0) is 62.2. The number of aromatic nitrogens is 12. The first-order valence-electron chi connectivity index (χ1n) is 27.7. The Morgan fingerprint density at radius 2 is 0.794 bits per heavy atom. The maximum absolute atomic E-state index is 11.4. The van der Waals surface area contributed by atoms with Gasteiger partial charge in [-0.1, -0.05) is 85.8 Å². The Morgan fingerprint density at radius 3 is 1.04 bits per heavy atom. The van der Waals surface area contributed by atoms with E-state index < -0.39 is 16.1 Å². The van der Waals surface area contributed by atoms with Gasteiger partial charge in [-0.15, -0.1) is 60.0 Å². The maximum Gasteiger partial charge on any atom is 0.333 e. The second kappa shape index (κ2) is 45.7. The van der Waals surface area contributed by atoms with Gasteiger partial charge in [0.25, 0.3) is 10.1 Å². The van der Waals surface area contributed by atoms with Crippen molar-refractivity contribution in [1.29, 1.82) is 0 Å². The number of carbonyl (C=O) groups excluding carboxylic acids is 2. The van der Waals surface area contributed by atoms with Crippen LogP contribution in [0, 0.1) is 29.2 Å². The number of hydrogen-bond donors (Lipinski definition) is 5. The summed E-state index contributed by atoms with van der Waals surface area (Å²) in [7, 11) is -3.05. The molecule has 0 unspecified atom stereocenters. The number of aliphatic hydroxyl groups excluding tert-OH is 1. The molecule has 97 heavy (non-hydrogen) atoms. The van der Waals surface area contributed by atoms with E-state index in [-0.39, 0.29) is 260 Å². The Bertz CT molecular complexity index is 4290. The molecule has 13 rings (SSSR count). The number of benzene rings is 8. The van der Waals surface area contributed by atoms with Crippen LogP contribution in [0.3, 0.4) is 0 Å². The molecule has 0 aliphatic carbocycles. The molecule has 12 aromatic rings. The van der Waals surface area contributed by atoms with E-state index in [1.165, 1.54) is 19.2 Å². The van der Waals surface area contributed by atoms with Crippen molar-refractivity contribution < 1.29 is 249 Å². The third kappa shape index (κ3) is 26.4. The largest absolute Gasteiger partial charge is 0.506 e. The predicted molar refractivity (Wildman–Crippen MR) is 349 cm³/mol. The van der Waals surface area contributed by atoms with E-state index in [1.807, 2.05) is 109 Å². The zero-order valence-electron chi connectivity index (χ0n) is 54.2. The molecule has 1 aliphatic heterocycles. The minimum Gasteiger partial charge on any atom is -0.506 e. The average Bonchev–Trinajstić information content (AvgIpc) is 1.72. The molecule has 0 spiro atoms. The third-order valence-electron chi connectivity index (χ3n) is 13.1. The fourth-order valence-corrected chi connectivity index (χ4v) is 9.64. The summed E-state index contributed by atoms with van der Waals surface area (Å²) in [5, 5.41) is 83.6. The number of nitrogens with zero attached hydrogens (tertiary/aromatic N) is 12. The molecule has 0 saturated carbocycles. The standard InChI is InChI=1S/C18H17N3O3.C15H14N3O.C14H13N3O2.C14H11N3O2.C3H6O3S.3CH3.6Y/c1-12(2)18(23)24-10-9-13-7-8-17(22)16(11-13)21-19-14-5-3-4-6-15(14)20-21;1-2-5-11-8-9-15(19)14(10-11)18-16-12-6-3-4-7-13(12)17-18;2*18-8-7-10-5-6-14(19)13(9-10)17-15-11-3-1-2-4-12(11)16-17;4-7(5)3-1-2-6-7;;;;;;;;;/h3-8,11,22H,1,9-10H2,2H3;3-4,6-10,19H,1-2,5H2;1-6,9,18-19H,7-8H2;1-6,8-9,19H,7H2;1-3H2;3*1H3;;;;;;/q;-1;;;;3*-1;;;;;;. The molecule has 1 saturated heterocycles. The molecule has 4 aromatic heterocycles. The van der Waals surface area contributed by atoms with E-state index in [0.29, 0.717) is 60.6 Å². The maximum atomic E-state index is 11.4. The van der Waals surface area contributed by atoms with Crippen molar-refractivity contribution in [2.24, 2.45) is 0 Å². The van der Waals surface area contributed by atoms with Crippen molar-refractivity contribution >= 4 is 66.5 Å². The van der Waals surface area contributed by atoms with Gasteiger partial charge in [-0.2, -0.15) is 14.8 Å². The van der Waals surface area contributed by atoms with Crippen molar-refractivity contribution in [2.75, 3.05) is 25.6 Å². The molecule has 30 heteroatoms. The minimum absolute atomic E-state index is 0. The fourth-order valence-electron chi connectivity index (χ4n) is 8.67. The fraction of sp³-hybridized carbons (Fsp3) is 0.164. The Hall–Kier alpha value is -4.07. The summed E-state index contributed by atoms with van der Waals surface area (Å²) in [6, 6.07) is 50.8. The summed E-state index contributed by atoms with van der Waals surface area (Å²) in [5.74, 6) is 0.240. The molecular formula is C67H70N12O11SY6-4. The Kier molecular flexibility index (Phi) is 43.8. The van der Waals surface area contributed by atoms with Crippen LogP contribution in [0.4, 0.5) is 0 Å². The Labute approximate surface area is 715 Å². The summed E-state index contributed by atoms with van der Waals surface area (Å²) in [5.41, 5.74) is 12.4. The van der Waals surface area contributed by atoms with Gasteiger partial charge >= 0.3 is 5.97 Å². The number of rotatable bonds is 14. The summed E-state index contributed by atoms with van der Waals surface area (Å²) in [6.07, 6.45) is 4.52. The summed E-state index contributed by atoms with van der Waals surface area (Å²) in [4.78, 5) is 27.6. The van der Waals surface area contributed by atoms with E-state index in [1.54, 1.807) is 67.6 Å². The van der Waals surface area contributed by atoms with Crippen molar-refractivity contribution in [3.63, 3.8) is 0 Å². The van der Waals surface area contributed by atoms with Crippen molar-refractivity contribution in [3.8, 4) is 45.7 Å². The molecule has 0 atom stereocenters. The summed E-state index contributed by atoms with van der Waals surface area (Å²) in [6.45, 7) is 9.67. The molecule has 1 fully saturated rings. The molecule has 1 aliphatic rings. The molecular weight excluding hydrogens is 1710 g/mol. The van der Waals surface area contributed by atoms with Gasteiger partial charge in [0.2, 0.25) is 0 Å². The number of aryl methyl sites for hydroxylation is 1. The van der Waals surface area contributed by atoms with Crippen LogP contribution in [0.2, 0.25) is 0 Å². The van der Waals surface area contributed by atoms with Crippen molar-refractivity contribution in [1.82, 2.24) is 60.0 Å². The van der Waals surface area contributed by atoms with Gasteiger partial charge < -0.3 is 64.3 Å². The van der Waals surface area contributed by atoms with Gasteiger partial charge in [-0.05, 0) is 139 Å². The monoisotopic (exact) mass is 1780 g/mol. The van der Waals surface area contributed by atoms with Crippen LogP contribution in [0.25, 0.3) is 66.9 Å². The number of phenols is 4. The SMILES string of the molecule is C=C(C)C(=O)OCCc1ccc(O)c(-n2nc3ccccc3n2)c1.O=CCc1ccc(O)c(-n2nc3ccccc3n2)c1.O=S1(=O)CCCO1.OCCc1ccc(O)c(-n2nc3ccccc3n2)c1.[CH2-]CCc1ccc(O)c(-n2nc3ccccc3n2)c1.[CH3-].[CH3-].[CH3-].[Y].[Y].[Y].[Y].[Y].[Y]. The van der Waals surface area contributed by atoms with E-state index >= 15 is 0 Å². The van der Waals surface area contributed by atoms with Crippen LogP contribution in [0.1, 0.15) is 42.0 Å².